The monoisotopic (exact) mass is 333 g/mol. The number of anilines is 1. The van der Waals surface area contributed by atoms with E-state index in [0.717, 1.165) is 18.8 Å². The molecular formula is C19H27NO2S. The van der Waals surface area contributed by atoms with E-state index < -0.39 is 11.3 Å². The summed E-state index contributed by atoms with van der Waals surface area (Å²) in [5, 5.41) is 0. The number of hydrogen-bond donors (Lipinski definition) is 2. The Hall–Kier alpha value is -1.39. The highest BCUT2D eigenvalue weighted by atomic mass is 32.2. The van der Waals surface area contributed by atoms with Gasteiger partial charge < -0.3 is 0 Å². The summed E-state index contributed by atoms with van der Waals surface area (Å²) in [4.78, 5) is 0. The van der Waals surface area contributed by atoms with Gasteiger partial charge in [0.15, 0.2) is 0 Å². The second-order valence-electron chi connectivity index (χ2n) is 6.17. The van der Waals surface area contributed by atoms with Crippen molar-refractivity contribution in [1.82, 2.24) is 0 Å². The fourth-order valence-corrected chi connectivity index (χ4v) is 3.38. The Morgan fingerprint density at radius 1 is 1.26 bits per heavy atom. The smallest absolute Gasteiger partial charge is 0.259 e. The summed E-state index contributed by atoms with van der Waals surface area (Å²) >= 11 is -2.01. The molecule has 0 aromatic heterocycles. The Kier molecular flexibility index (Phi) is 7.56. The number of benzene rings is 1. The zero-order valence-electron chi connectivity index (χ0n) is 13.8. The van der Waals surface area contributed by atoms with Crippen LogP contribution in [-0.4, -0.2) is 8.76 Å². The zero-order valence-corrected chi connectivity index (χ0v) is 14.6. The van der Waals surface area contributed by atoms with Gasteiger partial charge in [0.1, 0.15) is 0 Å². The van der Waals surface area contributed by atoms with Crippen molar-refractivity contribution >= 4 is 17.0 Å². The van der Waals surface area contributed by atoms with Crippen LogP contribution in [0.4, 0.5) is 5.69 Å². The van der Waals surface area contributed by atoms with Gasteiger partial charge >= 0.3 is 0 Å². The third kappa shape index (κ3) is 6.71. The van der Waals surface area contributed by atoms with E-state index in [2.05, 4.69) is 29.9 Å². The molecule has 3 nitrogen and oxygen atoms in total. The minimum Gasteiger partial charge on any atom is -0.289 e. The predicted molar refractivity (Wildman–Crippen MR) is 98.6 cm³/mol. The van der Waals surface area contributed by atoms with E-state index in [1.165, 1.54) is 43.2 Å². The van der Waals surface area contributed by atoms with Gasteiger partial charge in [0, 0.05) is 5.69 Å². The molecule has 1 saturated carbocycles. The average Bonchev–Trinajstić information content (AvgIpc) is 2.57. The maximum absolute atomic E-state index is 10.7. The summed E-state index contributed by atoms with van der Waals surface area (Å²) in [6, 6.07) is 7.70. The first kappa shape index (κ1) is 18.0. The van der Waals surface area contributed by atoms with Crippen LogP contribution in [0.25, 0.3) is 0 Å². The lowest BCUT2D eigenvalue weighted by Gasteiger charge is -2.18. The number of hydrogen-bond acceptors (Lipinski definition) is 1. The van der Waals surface area contributed by atoms with Crippen molar-refractivity contribution in [3.8, 4) is 0 Å². The Labute approximate surface area is 142 Å². The first-order valence-corrected chi connectivity index (χ1v) is 9.58. The lowest BCUT2D eigenvalue weighted by Crippen LogP contribution is -2.02. The molecule has 2 N–H and O–H groups in total. The maximum atomic E-state index is 10.7. The van der Waals surface area contributed by atoms with Crippen molar-refractivity contribution in [3.63, 3.8) is 0 Å². The normalized spacial score (nSPS) is 18.3. The van der Waals surface area contributed by atoms with Crippen molar-refractivity contribution in [1.29, 1.82) is 0 Å². The molecule has 0 aliphatic heterocycles. The van der Waals surface area contributed by atoms with Crippen LogP contribution in [0.1, 0.15) is 51.0 Å². The number of aryl methyl sites for hydroxylation is 1. The molecule has 0 spiro atoms. The molecule has 1 fully saturated rings. The van der Waals surface area contributed by atoms with E-state index in [4.69, 9.17) is 4.55 Å². The summed E-state index contributed by atoms with van der Waals surface area (Å²) in [6.45, 7) is 2.10. The van der Waals surface area contributed by atoms with Crippen molar-refractivity contribution < 1.29 is 8.76 Å². The van der Waals surface area contributed by atoms with Crippen LogP contribution in [0.3, 0.4) is 0 Å². The van der Waals surface area contributed by atoms with Gasteiger partial charge in [-0.25, -0.2) is 4.21 Å². The topological polar surface area (TPSA) is 49.3 Å². The molecule has 1 unspecified atom stereocenters. The Morgan fingerprint density at radius 2 is 1.96 bits per heavy atom. The largest absolute Gasteiger partial charge is 0.289 e. The SMILES string of the molecule is C/C=C(\C=C/C1CCCCC1)CCc1ccc(NS(=O)O)cc1. The maximum Gasteiger partial charge on any atom is 0.259 e. The first-order chi connectivity index (χ1) is 11.2. The molecule has 126 valence electrons. The van der Waals surface area contributed by atoms with E-state index in [1.807, 2.05) is 24.3 Å². The quantitative estimate of drug-likeness (QED) is 0.529. The lowest BCUT2D eigenvalue weighted by molar-refractivity contribution is 0.419. The number of rotatable bonds is 7. The van der Waals surface area contributed by atoms with Gasteiger partial charge in [-0.05, 0) is 56.2 Å². The van der Waals surface area contributed by atoms with Crippen molar-refractivity contribution in [2.45, 2.75) is 51.9 Å². The van der Waals surface area contributed by atoms with Crippen LogP contribution in [0.2, 0.25) is 0 Å². The number of nitrogens with one attached hydrogen (secondary N) is 1. The molecule has 1 aromatic carbocycles. The van der Waals surface area contributed by atoms with Gasteiger partial charge in [-0.1, -0.05) is 55.2 Å². The van der Waals surface area contributed by atoms with Crippen molar-refractivity contribution in [2.24, 2.45) is 5.92 Å². The van der Waals surface area contributed by atoms with E-state index in [-0.39, 0.29) is 0 Å². The van der Waals surface area contributed by atoms with E-state index in [1.54, 1.807) is 0 Å². The Balaban J connectivity index is 1.82. The van der Waals surface area contributed by atoms with Crippen molar-refractivity contribution in [2.75, 3.05) is 4.72 Å². The Bertz CT molecular complexity index is 557. The standard InChI is InChI=1S/C19H27NO2S/c1-2-16(8-10-17-6-4-3-5-7-17)9-11-18-12-14-19(15-13-18)20-23(21)22/h2,8,10,12-15,17,20H,3-7,9,11H2,1H3,(H,21,22)/b10-8-,16-2+. The minimum absolute atomic E-state index is 0.665. The lowest BCUT2D eigenvalue weighted by atomic mass is 9.88. The second kappa shape index (κ2) is 9.68. The molecule has 2 rings (SSSR count). The minimum atomic E-state index is -2.01. The van der Waals surface area contributed by atoms with Gasteiger partial charge in [0.25, 0.3) is 11.3 Å². The van der Waals surface area contributed by atoms with E-state index >= 15 is 0 Å². The zero-order chi connectivity index (χ0) is 16.5. The molecule has 1 aliphatic carbocycles. The van der Waals surface area contributed by atoms with Crippen molar-refractivity contribution in [3.05, 3.63) is 53.6 Å². The van der Waals surface area contributed by atoms with Crippen LogP contribution in [0, 0.1) is 5.92 Å². The van der Waals surface area contributed by atoms with E-state index in [9.17, 15) is 4.21 Å². The summed E-state index contributed by atoms with van der Waals surface area (Å²) in [6.07, 6.45) is 15.7. The molecule has 1 atom stereocenters. The molecule has 23 heavy (non-hydrogen) atoms. The first-order valence-electron chi connectivity index (χ1n) is 8.47. The fourth-order valence-electron chi connectivity index (χ4n) is 3.04. The number of allylic oxidation sites excluding steroid dienone is 4. The second-order valence-corrected chi connectivity index (χ2v) is 6.87. The van der Waals surface area contributed by atoms with Crippen LogP contribution in [-0.2, 0) is 17.7 Å². The third-order valence-electron chi connectivity index (χ3n) is 4.46. The van der Waals surface area contributed by atoms with Crippen LogP contribution < -0.4 is 4.72 Å². The van der Waals surface area contributed by atoms with Gasteiger partial charge in [0.05, 0.1) is 0 Å². The highest BCUT2D eigenvalue weighted by Gasteiger charge is 2.09. The molecule has 1 aliphatic rings. The predicted octanol–water partition coefficient (Wildman–Crippen LogP) is 5.25. The van der Waals surface area contributed by atoms with Gasteiger partial charge in [-0.2, -0.15) is 0 Å². The molecule has 0 heterocycles. The fraction of sp³-hybridized carbons (Fsp3) is 0.474. The summed E-state index contributed by atoms with van der Waals surface area (Å²) < 4.78 is 22.0. The summed E-state index contributed by atoms with van der Waals surface area (Å²) in [5.74, 6) is 0.767. The van der Waals surface area contributed by atoms with Crippen LogP contribution >= 0.6 is 0 Å². The van der Waals surface area contributed by atoms with Gasteiger partial charge in [-0.3, -0.25) is 9.27 Å². The summed E-state index contributed by atoms with van der Waals surface area (Å²) in [7, 11) is 0. The molecule has 1 aromatic rings. The molecule has 4 heteroatoms. The van der Waals surface area contributed by atoms with Crippen LogP contribution in [0.5, 0.6) is 0 Å². The Morgan fingerprint density at radius 3 is 2.57 bits per heavy atom. The van der Waals surface area contributed by atoms with Crippen LogP contribution in [0.15, 0.2) is 48.1 Å². The summed E-state index contributed by atoms with van der Waals surface area (Å²) in [5.41, 5.74) is 3.29. The molecule has 0 radical (unpaired) electrons. The third-order valence-corrected chi connectivity index (χ3v) is 4.87. The van der Waals surface area contributed by atoms with E-state index in [0.29, 0.717) is 5.69 Å². The molecule has 0 bridgehead atoms. The van der Waals surface area contributed by atoms with Gasteiger partial charge in [-0.15, -0.1) is 0 Å². The molecular weight excluding hydrogens is 306 g/mol. The highest BCUT2D eigenvalue weighted by molar-refractivity contribution is 7.80. The highest BCUT2D eigenvalue weighted by Crippen LogP contribution is 2.25. The average molecular weight is 333 g/mol. The molecule has 0 amide bonds. The molecule has 0 saturated heterocycles. The van der Waals surface area contributed by atoms with Gasteiger partial charge in [0.2, 0.25) is 0 Å².